The predicted octanol–water partition coefficient (Wildman–Crippen LogP) is 1.80. The number of carboxylic acid groups (broad SMARTS) is 1. The second-order valence-corrected chi connectivity index (χ2v) is 4.12. The maximum Gasteiger partial charge on any atom is 0.326 e. The molecule has 1 aromatic rings. The van der Waals surface area contributed by atoms with Gasteiger partial charge in [0, 0.05) is 11.5 Å². The van der Waals surface area contributed by atoms with Crippen LogP contribution in [0.25, 0.3) is 0 Å². The highest BCUT2D eigenvalue weighted by Crippen LogP contribution is 2.00. The number of rotatable bonds is 5. The lowest BCUT2D eigenvalue weighted by atomic mass is 10.1. The largest absolute Gasteiger partial charge is 0.480 e. The third-order valence-corrected chi connectivity index (χ3v) is 2.54. The first-order valence-electron chi connectivity index (χ1n) is 6.24. The minimum Gasteiger partial charge on any atom is -0.480 e. The Bertz CT molecular complexity index is 485. The molecule has 19 heavy (non-hydrogen) atoms. The fourth-order valence-electron chi connectivity index (χ4n) is 1.51. The zero-order valence-electron chi connectivity index (χ0n) is 10.8. The van der Waals surface area contributed by atoms with Gasteiger partial charge in [-0.15, -0.1) is 0 Å². The van der Waals surface area contributed by atoms with Crippen LogP contribution in [0.1, 0.15) is 31.7 Å². The summed E-state index contributed by atoms with van der Waals surface area (Å²) in [5.74, 6) is 3.50. The molecule has 1 amide bonds. The first kappa shape index (κ1) is 14.8. The van der Waals surface area contributed by atoms with Crippen LogP contribution in [0.2, 0.25) is 0 Å². The van der Waals surface area contributed by atoms with E-state index in [4.69, 9.17) is 5.11 Å². The standard InChI is InChI=1S/C15H17NO3/c1-2-3-9-13(15(18)19)16-14(17)11-10-12-7-5-4-6-8-12/h4-8,13H,2-3,9H2,1H3,(H,16,17)(H,18,19)/t13-/m0/s1. The van der Waals surface area contributed by atoms with Crippen LogP contribution >= 0.6 is 0 Å². The van der Waals surface area contributed by atoms with E-state index >= 15 is 0 Å². The average Bonchev–Trinajstić information content (AvgIpc) is 2.42. The molecule has 0 aliphatic carbocycles. The van der Waals surface area contributed by atoms with Crippen LogP contribution in [0, 0.1) is 11.8 Å². The van der Waals surface area contributed by atoms with Gasteiger partial charge < -0.3 is 10.4 Å². The molecule has 0 aliphatic heterocycles. The summed E-state index contributed by atoms with van der Waals surface area (Å²) in [7, 11) is 0. The van der Waals surface area contributed by atoms with Gasteiger partial charge in [0.1, 0.15) is 6.04 Å². The number of amides is 1. The summed E-state index contributed by atoms with van der Waals surface area (Å²) >= 11 is 0. The Hall–Kier alpha value is -2.28. The van der Waals surface area contributed by atoms with Gasteiger partial charge in [0.2, 0.25) is 0 Å². The van der Waals surface area contributed by atoms with E-state index in [-0.39, 0.29) is 0 Å². The van der Waals surface area contributed by atoms with Gasteiger partial charge in [0.05, 0.1) is 0 Å². The second kappa shape index (κ2) is 7.93. The fourth-order valence-corrected chi connectivity index (χ4v) is 1.51. The van der Waals surface area contributed by atoms with Crippen molar-refractivity contribution in [1.29, 1.82) is 0 Å². The number of carboxylic acids is 1. The number of benzene rings is 1. The average molecular weight is 259 g/mol. The first-order valence-corrected chi connectivity index (χ1v) is 6.24. The number of hydrogen-bond acceptors (Lipinski definition) is 2. The lowest BCUT2D eigenvalue weighted by Crippen LogP contribution is -2.40. The topological polar surface area (TPSA) is 66.4 Å². The number of aliphatic carboxylic acids is 1. The first-order chi connectivity index (χ1) is 9.13. The number of unbranched alkanes of at least 4 members (excludes halogenated alkanes) is 1. The molecule has 100 valence electrons. The summed E-state index contributed by atoms with van der Waals surface area (Å²) in [6, 6.07) is 8.21. The van der Waals surface area contributed by atoms with Crippen molar-refractivity contribution in [3.8, 4) is 11.8 Å². The smallest absolute Gasteiger partial charge is 0.326 e. The third kappa shape index (κ3) is 5.73. The van der Waals surface area contributed by atoms with Crippen LogP contribution in [-0.2, 0) is 9.59 Å². The van der Waals surface area contributed by atoms with Crippen molar-refractivity contribution in [2.75, 3.05) is 0 Å². The van der Waals surface area contributed by atoms with Crippen molar-refractivity contribution in [1.82, 2.24) is 5.32 Å². The summed E-state index contributed by atoms with van der Waals surface area (Å²) in [5, 5.41) is 11.4. The number of hydrogen-bond donors (Lipinski definition) is 2. The van der Waals surface area contributed by atoms with E-state index in [1.165, 1.54) is 0 Å². The Morgan fingerprint density at radius 2 is 2.00 bits per heavy atom. The van der Waals surface area contributed by atoms with Gasteiger partial charge in [0.15, 0.2) is 0 Å². The zero-order chi connectivity index (χ0) is 14.1. The monoisotopic (exact) mass is 259 g/mol. The van der Waals surface area contributed by atoms with Crippen LogP contribution in [0.3, 0.4) is 0 Å². The maximum absolute atomic E-state index is 11.5. The Kier molecular flexibility index (Phi) is 6.17. The Balaban J connectivity index is 2.58. The molecule has 0 spiro atoms. The summed E-state index contributed by atoms with van der Waals surface area (Å²) in [6.45, 7) is 1.97. The normalized spacial score (nSPS) is 11.0. The minimum atomic E-state index is -1.02. The van der Waals surface area contributed by atoms with Gasteiger partial charge >= 0.3 is 5.97 Å². The molecule has 2 N–H and O–H groups in total. The molecule has 0 radical (unpaired) electrons. The molecule has 0 fully saturated rings. The molecule has 4 heteroatoms. The Morgan fingerprint density at radius 1 is 1.32 bits per heavy atom. The number of carbonyl (C=O) groups excluding carboxylic acids is 1. The molecule has 0 aromatic heterocycles. The number of nitrogens with one attached hydrogen (secondary N) is 1. The van der Waals surface area contributed by atoms with E-state index in [2.05, 4.69) is 17.2 Å². The van der Waals surface area contributed by atoms with Gasteiger partial charge in [-0.1, -0.05) is 43.9 Å². The van der Waals surface area contributed by atoms with Gasteiger partial charge in [-0.3, -0.25) is 4.79 Å². The highest BCUT2D eigenvalue weighted by Gasteiger charge is 2.17. The fraction of sp³-hybridized carbons (Fsp3) is 0.333. The third-order valence-electron chi connectivity index (χ3n) is 2.54. The van der Waals surface area contributed by atoms with Gasteiger partial charge in [-0.25, -0.2) is 4.79 Å². The van der Waals surface area contributed by atoms with E-state index in [1.807, 2.05) is 25.1 Å². The van der Waals surface area contributed by atoms with Crippen molar-refractivity contribution >= 4 is 11.9 Å². The molecule has 0 saturated carbocycles. The highest BCUT2D eigenvalue weighted by atomic mass is 16.4. The SMILES string of the molecule is CCCC[C@H](NC(=O)C#Cc1ccccc1)C(=O)O. The van der Waals surface area contributed by atoms with Crippen molar-refractivity contribution in [3.63, 3.8) is 0 Å². The highest BCUT2D eigenvalue weighted by molar-refractivity contribution is 5.96. The van der Waals surface area contributed by atoms with Gasteiger partial charge in [0.25, 0.3) is 5.91 Å². The molecule has 0 unspecified atom stereocenters. The predicted molar refractivity (Wildman–Crippen MR) is 72.4 cm³/mol. The second-order valence-electron chi connectivity index (χ2n) is 4.12. The van der Waals surface area contributed by atoms with Crippen LogP contribution in [0.15, 0.2) is 30.3 Å². The molecule has 0 aliphatic rings. The number of carbonyl (C=O) groups is 2. The van der Waals surface area contributed by atoms with E-state index in [0.717, 1.165) is 18.4 Å². The molecule has 4 nitrogen and oxygen atoms in total. The van der Waals surface area contributed by atoms with E-state index < -0.39 is 17.9 Å². The van der Waals surface area contributed by atoms with Crippen molar-refractivity contribution in [3.05, 3.63) is 35.9 Å². The zero-order valence-corrected chi connectivity index (χ0v) is 10.8. The molecule has 0 saturated heterocycles. The van der Waals surface area contributed by atoms with Crippen LogP contribution < -0.4 is 5.32 Å². The molecular weight excluding hydrogens is 242 g/mol. The molecule has 1 aromatic carbocycles. The molecular formula is C15H17NO3. The lowest BCUT2D eigenvalue weighted by molar-refractivity contribution is -0.141. The summed E-state index contributed by atoms with van der Waals surface area (Å²) in [5.41, 5.74) is 0.720. The van der Waals surface area contributed by atoms with E-state index in [1.54, 1.807) is 12.1 Å². The van der Waals surface area contributed by atoms with Crippen LogP contribution in [-0.4, -0.2) is 23.0 Å². The van der Waals surface area contributed by atoms with Gasteiger partial charge in [-0.2, -0.15) is 0 Å². The van der Waals surface area contributed by atoms with Gasteiger partial charge in [-0.05, 0) is 18.6 Å². The molecule has 0 bridgehead atoms. The minimum absolute atomic E-state index is 0.421. The molecule has 0 heterocycles. The summed E-state index contributed by atoms with van der Waals surface area (Å²) in [6.07, 6.45) is 2.06. The lowest BCUT2D eigenvalue weighted by Gasteiger charge is -2.11. The Morgan fingerprint density at radius 3 is 2.58 bits per heavy atom. The maximum atomic E-state index is 11.5. The Labute approximate surface area is 112 Å². The quantitative estimate of drug-likeness (QED) is 0.792. The van der Waals surface area contributed by atoms with E-state index in [9.17, 15) is 9.59 Å². The van der Waals surface area contributed by atoms with Crippen LogP contribution in [0.4, 0.5) is 0 Å². The molecule has 1 rings (SSSR count). The summed E-state index contributed by atoms with van der Waals surface area (Å²) < 4.78 is 0. The van der Waals surface area contributed by atoms with Crippen molar-refractivity contribution in [2.24, 2.45) is 0 Å². The van der Waals surface area contributed by atoms with Crippen LogP contribution in [0.5, 0.6) is 0 Å². The van der Waals surface area contributed by atoms with Crippen molar-refractivity contribution in [2.45, 2.75) is 32.2 Å². The van der Waals surface area contributed by atoms with E-state index in [0.29, 0.717) is 6.42 Å². The summed E-state index contributed by atoms with van der Waals surface area (Å²) in [4.78, 5) is 22.5. The van der Waals surface area contributed by atoms with Crippen molar-refractivity contribution < 1.29 is 14.7 Å². The molecule has 1 atom stereocenters.